The van der Waals surface area contributed by atoms with Gasteiger partial charge in [0.25, 0.3) is 5.91 Å². The Balaban J connectivity index is 0.00000336. The van der Waals surface area contributed by atoms with Crippen LogP contribution >= 0.6 is 12.4 Å². The Kier molecular flexibility index (Phi) is 7.26. The molecule has 2 fully saturated rings. The van der Waals surface area contributed by atoms with Crippen LogP contribution in [0.5, 0.6) is 0 Å². The summed E-state index contributed by atoms with van der Waals surface area (Å²) in [4.78, 5) is 31.9. The molecule has 2 aromatic heterocycles. The maximum Gasteiger partial charge on any atom is 0.408 e. The van der Waals surface area contributed by atoms with Crippen LogP contribution < -0.4 is 5.73 Å². The van der Waals surface area contributed by atoms with Crippen molar-refractivity contribution in [1.29, 1.82) is 0 Å². The predicted octanol–water partition coefficient (Wildman–Crippen LogP) is 3.81. The molecule has 0 aliphatic carbocycles. The van der Waals surface area contributed by atoms with Crippen LogP contribution in [-0.2, 0) is 11.3 Å². The van der Waals surface area contributed by atoms with Crippen molar-refractivity contribution >= 4 is 40.9 Å². The van der Waals surface area contributed by atoms with Gasteiger partial charge in [0.2, 0.25) is 5.91 Å². The van der Waals surface area contributed by atoms with E-state index >= 15 is 0 Å². The van der Waals surface area contributed by atoms with Crippen molar-refractivity contribution in [1.82, 2.24) is 24.6 Å². The smallest absolute Gasteiger partial charge is 0.383 e. The zero-order valence-corrected chi connectivity index (χ0v) is 21.0. The van der Waals surface area contributed by atoms with Gasteiger partial charge in [-0.15, -0.1) is 12.4 Å². The molecule has 1 atom stereocenters. The fraction of sp³-hybridized carbons (Fsp3) is 0.417. The molecule has 5 rings (SSSR count). The summed E-state index contributed by atoms with van der Waals surface area (Å²) >= 11 is 0. The minimum absolute atomic E-state index is 0. The molecule has 3 aromatic rings. The lowest BCUT2D eigenvalue weighted by atomic mass is 9.92. The second kappa shape index (κ2) is 10.0. The number of halogens is 6. The topological polar surface area (TPSA) is 97.4 Å². The highest BCUT2D eigenvalue weighted by atomic mass is 35.5. The number of carbonyl (C=O) groups excluding carboxylic acids is 2. The summed E-state index contributed by atoms with van der Waals surface area (Å²) in [5.74, 6) is -3.13. The van der Waals surface area contributed by atoms with Gasteiger partial charge in [-0.1, -0.05) is 0 Å². The number of nitrogens with zero attached hydrogens (tertiary/aromatic N) is 5. The maximum absolute atomic E-state index is 14.9. The average molecular weight is 559 g/mol. The first-order chi connectivity index (χ1) is 17.5. The minimum Gasteiger partial charge on any atom is -0.383 e. The van der Waals surface area contributed by atoms with Crippen LogP contribution in [0.25, 0.3) is 10.9 Å². The average Bonchev–Trinajstić information content (AvgIpc) is 3.41. The van der Waals surface area contributed by atoms with E-state index in [1.165, 1.54) is 11.1 Å². The number of fused-ring (bicyclic) bond motifs is 1. The number of nitrogen functional groups attached to an aromatic ring is 1. The molecule has 204 valence electrons. The van der Waals surface area contributed by atoms with Gasteiger partial charge in [0.05, 0.1) is 16.6 Å². The third kappa shape index (κ3) is 4.74. The number of amides is 2. The normalized spacial score (nSPS) is 18.0. The molecule has 2 aliphatic rings. The van der Waals surface area contributed by atoms with Gasteiger partial charge in [0, 0.05) is 55.0 Å². The Morgan fingerprint density at radius 1 is 1.18 bits per heavy atom. The molecule has 1 aromatic carbocycles. The molecule has 2 saturated heterocycles. The van der Waals surface area contributed by atoms with E-state index in [0.717, 1.165) is 15.6 Å². The van der Waals surface area contributed by atoms with Gasteiger partial charge in [-0.3, -0.25) is 14.3 Å². The number of benzene rings is 1. The number of hydrogen-bond donors (Lipinski definition) is 1. The Hall–Kier alpha value is -3.48. The van der Waals surface area contributed by atoms with E-state index in [2.05, 4.69) is 10.1 Å². The number of anilines is 1. The quantitative estimate of drug-likeness (QED) is 0.491. The summed E-state index contributed by atoms with van der Waals surface area (Å²) in [5, 5.41) is 4.30. The van der Waals surface area contributed by atoms with Crippen molar-refractivity contribution in [3.63, 3.8) is 0 Å². The van der Waals surface area contributed by atoms with Crippen molar-refractivity contribution in [2.75, 3.05) is 25.4 Å². The molecule has 14 heteroatoms. The van der Waals surface area contributed by atoms with Gasteiger partial charge in [-0.2, -0.15) is 18.3 Å². The molecular weight excluding hydrogens is 535 g/mol. The van der Waals surface area contributed by atoms with E-state index in [1.807, 2.05) is 0 Å². The number of carbonyl (C=O) groups is 2. The molecule has 2 aliphatic heterocycles. The standard InChI is InChI=1S/C24H23F5N6O2.ClH/c1-12-15(4-5-31-22(12)30)23(37)33-9-13(10-33)21-20-16(26)7-14(25)8-17(20)35(32-21)11-19(36)34-6-2-3-18(34)24(27,28)29;/h4-5,7-8,13,18H,2-3,6,9-11H2,1H3,(H2,30,31);1H/t18-;/m0./s1. The van der Waals surface area contributed by atoms with E-state index < -0.39 is 42.2 Å². The number of hydrogen-bond acceptors (Lipinski definition) is 5. The molecule has 0 bridgehead atoms. The number of likely N-dealkylation sites (tertiary alicyclic amines) is 2. The Morgan fingerprint density at radius 3 is 2.58 bits per heavy atom. The van der Waals surface area contributed by atoms with E-state index in [-0.39, 0.29) is 73.2 Å². The lowest BCUT2D eigenvalue weighted by molar-refractivity contribution is -0.183. The fourth-order valence-corrected chi connectivity index (χ4v) is 5.05. The zero-order chi connectivity index (χ0) is 26.6. The van der Waals surface area contributed by atoms with Crippen LogP contribution in [0.4, 0.5) is 27.8 Å². The highest BCUT2D eigenvalue weighted by molar-refractivity contribution is 5.97. The summed E-state index contributed by atoms with van der Waals surface area (Å²) in [5.41, 5.74) is 6.88. The summed E-state index contributed by atoms with van der Waals surface area (Å²) in [6.45, 7) is 1.37. The highest BCUT2D eigenvalue weighted by Crippen LogP contribution is 2.36. The van der Waals surface area contributed by atoms with Crippen molar-refractivity contribution in [2.45, 2.75) is 44.4 Å². The molecule has 0 radical (unpaired) electrons. The molecule has 2 N–H and O–H groups in total. The molecular formula is C24H24ClF5N6O2. The highest BCUT2D eigenvalue weighted by Gasteiger charge is 2.47. The molecule has 38 heavy (non-hydrogen) atoms. The first-order valence-corrected chi connectivity index (χ1v) is 11.7. The van der Waals surface area contributed by atoms with Crippen molar-refractivity contribution in [3.8, 4) is 0 Å². The molecule has 0 unspecified atom stereocenters. The summed E-state index contributed by atoms with van der Waals surface area (Å²) < 4.78 is 70.0. The number of rotatable bonds is 4. The van der Waals surface area contributed by atoms with Crippen molar-refractivity contribution < 1.29 is 31.5 Å². The van der Waals surface area contributed by atoms with Gasteiger partial charge < -0.3 is 15.5 Å². The molecule has 0 saturated carbocycles. The summed E-state index contributed by atoms with van der Waals surface area (Å²) in [6, 6.07) is 1.33. The second-order valence-corrected chi connectivity index (χ2v) is 9.39. The SMILES string of the molecule is Cc1c(C(=O)N2CC(c3nn(CC(=O)N4CCC[C@H]4C(F)(F)F)c4cc(F)cc(F)c34)C2)ccnc1N.Cl. The summed E-state index contributed by atoms with van der Waals surface area (Å²) in [7, 11) is 0. The fourth-order valence-electron chi connectivity index (χ4n) is 5.05. The number of nitrogens with two attached hydrogens (primary N) is 1. The van der Waals surface area contributed by atoms with Gasteiger partial charge in [0.1, 0.15) is 30.0 Å². The first kappa shape index (κ1) is 27.6. The van der Waals surface area contributed by atoms with Gasteiger partial charge in [-0.05, 0) is 25.8 Å². The maximum atomic E-state index is 14.9. The third-order valence-electron chi connectivity index (χ3n) is 7.06. The lowest BCUT2D eigenvalue weighted by Crippen LogP contribution is -2.49. The molecule has 0 spiro atoms. The number of aromatic nitrogens is 3. The second-order valence-electron chi connectivity index (χ2n) is 9.39. The van der Waals surface area contributed by atoms with Crippen LogP contribution in [0.2, 0.25) is 0 Å². The lowest BCUT2D eigenvalue weighted by Gasteiger charge is -2.38. The largest absolute Gasteiger partial charge is 0.408 e. The van der Waals surface area contributed by atoms with Crippen LogP contribution in [0.1, 0.15) is 40.4 Å². The molecule has 4 heterocycles. The molecule has 2 amide bonds. The van der Waals surface area contributed by atoms with E-state index in [9.17, 15) is 31.5 Å². The Labute approximate surface area is 220 Å². The zero-order valence-electron chi connectivity index (χ0n) is 20.1. The summed E-state index contributed by atoms with van der Waals surface area (Å²) in [6.07, 6.45) is -3.13. The van der Waals surface area contributed by atoms with E-state index in [0.29, 0.717) is 17.2 Å². The van der Waals surface area contributed by atoms with E-state index in [1.54, 1.807) is 13.0 Å². The first-order valence-electron chi connectivity index (χ1n) is 11.7. The van der Waals surface area contributed by atoms with Crippen molar-refractivity contribution in [2.24, 2.45) is 0 Å². The molecule has 8 nitrogen and oxygen atoms in total. The number of pyridine rings is 1. The van der Waals surface area contributed by atoms with Crippen molar-refractivity contribution in [3.05, 3.63) is 52.9 Å². The van der Waals surface area contributed by atoms with Gasteiger partial charge >= 0.3 is 6.18 Å². The predicted molar refractivity (Wildman–Crippen MR) is 130 cm³/mol. The third-order valence-corrected chi connectivity index (χ3v) is 7.06. The van der Waals surface area contributed by atoms with E-state index in [4.69, 9.17) is 5.73 Å². The van der Waals surface area contributed by atoms with Crippen LogP contribution in [-0.4, -0.2) is 68.2 Å². The minimum atomic E-state index is -4.57. The van der Waals surface area contributed by atoms with Gasteiger partial charge in [0.15, 0.2) is 0 Å². The Bertz CT molecular complexity index is 1410. The monoisotopic (exact) mass is 558 g/mol. The number of alkyl halides is 3. The van der Waals surface area contributed by atoms with Crippen LogP contribution in [0.15, 0.2) is 24.4 Å². The van der Waals surface area contributed by atoms with Crippen LogP contribution in [0.3, 0.4) is 0 Å². The van der Waals surface area contributed by atoms with Gasteiger partial charge in [-0.25, -0.2) is 13.8 Å². The van der Waals surface area contributed by atoms with Crippen LogP contribution in [0, 0.1) is 18.6 Å². The Morgan fingerprint density at radius 2 is 1.89 bits per heavy atom.